The Morgan fingerprint density at radius 2 is 2.00 bits per heavy atom. The van der Waals surface area contributed by atoms with Gasteiger partial charge in [-0.3, -0.25) is 4.79 Å². The van der Waals surface area contributed by atoms with E-state index in [1.165, 1.54) is 0 Å². The molecule has 0 aliphatic carbocycles. The maximum absolute atomic E-state index is 12.9. The first kappa shape index (κ1) is 19.9. The SMILES string of the molecule is COc1cccc(CN(C[C@@H]2CC(c3ccccc3)=NO2)C(=O)CC(C)C)c1. The zero-order chi connectivity index (χ0) is 19.9. The molecule has 0 fully saturated rings. The highest BCUT2D eigenvalue weighted by atomic mass is 16.6. The molecule has 0 N–H and O–H groups in total. The van der Waals surface area contributed by atoms with Crippen molar-refractivity contribution in [2.45, 2.75) is 39.3 Å². The Morgan fingerprint density at radius 3 is 2.71 bits per heavy atom. The van der Waals surface area contributed by atoms with Crippen LogP contribution in [0.1, 0.15) is 37.8 Å². The highest BCUT2D eigenvalue weighted by Crippen LogP contribution is 2.21. The van der Waals surface area contributed by atoms with Crippen LogP contribution >= 0.6 is 0 Å². The van der Waals surface area contributed by atoms with Crippen LogP contribution in [0, 0.1) is 5.92 Å². The van der Waals surface area contributed by atoms with Crippen LogP contribution in [0.5, 0.6) is 5.75 Å². The zero-order valence-corrected chi connectivity index (χ0v) is 16.8. The van der Waals surface area contributed by atoms with Gasteiger partial charge in [0.2, 0.25) is 5.91 Å². The Kier molecular flexibility index (Phi) is 6.69. The number of oxime groups is 1. The monoisotopic (exact) mass is 380 g/mol. The van der Waals surface area contributed by atoms with E-state index in [1.807, 2.05) is 59.5 Å². The second-order valence-electron chi connectivity index (χ2n) is 7.56. The predicted molar refractivity (Wildman–Crippen MR) is 110 cm³/mol. The van der Waals surface area contributed by atoms with E-state index in [2.05, 4.69) is 19.0 Å². The van der Waals surface area contributed by atoms with E-state index in [9.17, 15) is 4.79 Å². The number of amides is 1. The summed E-state index contributed by atoms with van der Waals surface area (Å²) in [4.78, 5) is 20.4. The van der Waals surface area contributed by atoms with Gasteiger partial charge in [0.1, 0.15) is 5.75 Å². The van der Waals surface area contributed by atoms with Gasteiger partial charge >= 0.3 is 0 Å². The Bertz CT molecular complexity index is 818. The highest BCUT2D eigenvalue weighted by Gasteiger charge is 2.27. The molecule has 5 heteroatoms. The fourth-order valence-corrected chi connectivity index (χ4v) is 3.30. The third kappa shape index (κ3) is 5.35. The van der Waals surface area contributed by atoms with Crippen molar-refractivity contribution in [1.82, 2.24) is 4.90 Å². The molecule has 2 aromatic carbocycles. The van der Waals surface area contributed by atoms with E-state index in [-0.39, 0.29) is 12.0 Å². The summed E-state index contributed by atoms with van der Waals surface area (Å²) >= 11 is 0. The lowest BCUT2D eigenvalue weighted by Gasteiger charge is -2.26. The van der Waals surface area contributed by atoms with E-state index in [1.54, 1.807) is 7.11 Å². The zero-order valence-electron chi connectivity index (χ0n) is 16.8. The van der Waals surface area contributed by atoms with Crippen molar-refractivity contribution < 1.29 is 14.4 Å². The Morgan fingerprint density at radius 1 is 1.21 bits per heavy atom. The fraction of sp³-hybridized carbons (Fsp3) is 0.391. The molecule has 1 atom stereocenters. The molecule has 0 bridgehead atoms. The summed E-state index contributed by atoms with van der Waals surface area (Å²) in [7, 11) is 1.65. The Balaban J connectivity index is 1.68. The van der Waals surface area contributed by atoms with Gasteiger partial charge < -0.3 is 14.5 Å². The second kappa shape index (κ2) is 9.40. The molecule has 3 rings (SSSR count). The van der Waals surface area contributed by atoms with Crippen LogP contribution in [0.25, 0.3) is 0 Å². The second-order valence-corrected chi connectivity index (χ2v) is 7.56. The molecule has 0 aromatic heterocycles. The third-order valence-corrected chi connectivity index (χ3v) is 4.71. The maximum atomic E-state index is 12.9. The lowest BCUT2D eigenvalue weighted by molar-refractivity contribution is -0.134. The Labute approximate surface area is 166 Å². The molecule has 0 saturated heterocycles. The van der Waals surface area contributed by atoms with Gasteiger partial charge in [-0.05, 0) is 29.2 Å². The van der Waals surface area contributed by atoms with Gasteiger partial charge in [0, 0.05) is 19.4 Å². The first-order valence-electron chi connectivity index (χ1n) is 9.74. The topological polar surface area (TPSA) is 51.1 Å². The van der Waals surface area contributed by atoms with Crippen molar-refractivity contribution in [1.29, 1.82) is 0 Å². The maximum Gasteiger partial charge on any atom is 0.223 e. The summed E-state index contributed by atoms with van der Waals surface area (Å²) in [5, 5.41) is 4.25. The molecule has 1 amide bonds. The van der Waals surface area contributed by atoms with E-state index in [4.69, 9.17) is 9.57 Å². The molecule has 1 aliphatic rings. The van der Waals surface area contributed by atoms with Gasteiger partial charge in [-0.1, -0.05) is 61.5 Å². The minimum Gasteiger partial charge on any atom is -0.497 e. The van der Waals surface area contributed by atoms with Crippen LogP contribution in [-0.2, 0) is 16.2 Å². The number of methoxy groups -OCH3 is 1. The first-order chi connectivity index (χ1) is 13.5. The molecule has 0 radical (unpaired) electrons. The summed E-state index contributed by atoms with van der Waals surface area (Å²) in [6, 6.07) is 17.9. The lowest BCUT2D eigenvalue weighted by Crippen LogP contribution is -2.37. The van der Waals surface area contributed by atoms with Crippen molar-refractivity contribution in [2.75, 3.05) is 13.7 Å². The summed E-state index contributed by atoms with van der Waals surface area (Å²) in [6.45, 7) is 5.17. The molecule has 5 nitrogen and oxygen atoms in total. The van der Waals surface area contributed by atoms with Crippen LogP contribution in [0.3, 0.4) is 0 Å². The van der Waals surface area contributed by atoms with Crippen LogP contribution in [-0.4, -0.2) is 36.3 Å². The summed E-state index contributed by atoms with van der Waals surface area (Å²) < 4.78 is 5.31. The van der Waals surface area contributed by atoms with Gasteiger partial charge in [-0.25, -0.2) is 0 Å². The van der Waals surface area contributed by atoms with Crippen molar-refractivity contribution in [3.63, 3.8) is 0 Å². The summed E-state index contributed by atoms with van der Waals surface area (Å²) in [5.74, 6) is 1.23. The largest absolute Gasteiger partial charge is 0.497 e. The number of carbonyl (C=O) groups excluding carboxylic acids is 1. The molecule has 1 heterocycles. The molecule has 2 aromatic rings. The molecular weight excluding hydrogens is 352 g/mol. The van der Waals surface area contributed by atoms with E-state index >= 15 is 0 Å². The van der Waals surface area contributed by atoms with Crippen molar-refractivity contribution in [3.05, 3.63) is 65.7 Å². The van der Waals surface area contributed by atoms with Crippen molar-refractivity contribution in [3.8, 4) is 5.75 Å². The van der Waals surface area contributed by atoms with Crippen LogP contribution in [0.2, 0.25) is 0 Å². The average molecular weight is 380 g/mol. The molecule has 148 valence electrons. The van der Waals surface area contributed by atoms with Crippen molar-refractivity contribution in [2.24, 2.45) is 11.1 Å². The number of hydrogen-bond acceptors (Lipinski definition) is 4. The molecular formula is C23H28N2O3. The average Bonchev–Trinajstić information content (AvgIpc) is 3.16. The fourth-order valence-electron chi connectivity index (χ4n) is 3.30. The number of rotatable bonds is 8. The summed E-state index contributed by atoms with van der Waals surface area (Å²) in [6.07, 6.45) is 1.09. The molecule has 0 spiro atoms. The van der Waals surface area contributed by atoms with Gasteiger partial charge in [0.15, 0.2) is 6.10 Å². The predicted octanol–water partition coefficient (Wildman–Crippen LogP) is 4.26. The van der Waals surface area contributed by atoms with Crippen LogP contribution in [0.15, 0.2) is 59.8 Å². The third-order valence-electron chi connectivity index (χ3n) is 4.71. The molecule has 0 unspecified atom stereocenters. The smallest absolute Gasteiger partial charge is 0.223 e. The van der Waals surface area contributed by atoms with Crippen LogP contribution in [0.4, 0.5) is 0 Å². The van der Waals surface area contributed by atoms with E-state index in [0.717, 1.165) is 22.6 Å². The standard InChI is InChI=1S/C23H28N2O3/c1-17(2)12-23(26)25(15-18-8-7-11-20(13-18)27-3)16-21-14-22(24-28-21)19-9-5-4-6-10-19/h4-11,13,17,21H,12,14-16H2,1-3H3/t21-/m0/s1. The number of carbonyl (C=O) groups is 1. The van der Waals surface area contributed by atoms with Crippen molar-refractivity contribution >= 4 is 11.6 Å². The minimum absolute atomic E-state index is 0.128. The quantitative estimate of drug-likeness (QED) is 0.687. The normalized spacial score (nSPS) is 15.9. The first-order valence-corrected chi connectivity index (χ1v) is 9.74. The molecule has 0 saturated carbocycles. The van der Waals surface area contributed by atoms with Gasteiger partial charge in [-0.15, -0.1) is 0 Å². The number of benzene rings is 2. The van der Waals surface area contributed by atoms with E-state index < -0.39 is 0 Å². The number of nitrogens with zero attached hydrogens (tertiary/aromatic N) is 2. The van der Waals surface area contributed by atoms with E-state index in [0.29, 0.717) is 31.8 Å². The Hall–Kier alpha value is -2.82. The molecule has 1 aliphatic heterocycles. The highest BCUT2D eigenvalue weighted by molar-refractivity contribution is 6.01. The number of ether oxygens (including phenoxy) is 1. The minimum atomic E-state index is -0.128. The van der Waals surface area contributed by atoms with Crippen LogP contribution < -0.4 is 4.74 Å². The van der Waals surface area contributed by atoms with Gasteiger partial charge in [0.05, 0.1) is 19.4 Å². The lowest BCUT2D eigenvalue weighted by atomic mass is 10.0. The van der Waals surface area contributed by atoms with Gasteiger partial charge in [-0.2, -0.15) is 0 Å². The van der Waals surface area contributed by atoms with Gasteiger partial charge in [0.25, 0.3) is 0 Å². The summed E-state index contributed by atoms with van der Waals surface area (Å²) in [5.41, 5.74) is 3.04. The molecule has 28 heavy (non-hydrogen) atoms. The number of hydrogen-bond donors (Lipinski definition) is 0.